The summed E-state index contributed by atoms with van der Waals surface area (Å²) in [5, 5.41) is 2.92. The van der Waals surface area contributed by atoms with Crippen LogP contribution in [0.5, 0.6) is 0 Å². The van der Waals surface area contributed by atoms with Crippen molar-refractivity contribution in [2.45, 2.75) is 39.5 Å². The van der Waals surface area contributed by atoms with Gasteiger partial charge in [0.25, 0.3) is 5.91 Å². The molecular weight excluding hydrogens is 269 g/mol. The molecule has 0 saturated heterocycles. The average molecular weight is 293 g/mol. The molecule has 1 aromatic rings. The van der Waals surface area contributed by atoms with E-state index in [0.29, 0.717) is 19.0 Å². The van der Waals surface area contributed by atoms with Crippen LogP contribution in [0.3, 0.4) is 0 Å². The van der Waals surface area contributed by atoms with E-state index in [0.717, 1.165) is 13.0 Å². The lowest BCUT2D eigenvalue weighted by molar-refractivity contribution is 0.0701. The summed E-state index contributed by atoms with van der Waals surface area (Å²) in [5.41, 5.74) is 0.116. The van der Waals surface area contributed by atoms with Gasteiger partial charge in [-0.1, -0.05) is 13.3 Å². The average Bonchev–Trinajstić information content (AvgIpc) is 2.45. The molecule has 0 aliphatic heterocycles. The molecule has 0 spiro atoms. The normalized spacial score (nSPS) is 14.6. The molecule has 0 aromatic carbocycles. The van der Waals surface area contributed by atoms with Crippen LogP contribution in [0.25, 0.3) is 0 Å². The highest BCUT2D eigenvalue weighted by Gasteiger charge is 2.25. The van der Waals surface area contributed by atoms with Gasteiger partial charge in [0.1, 0.15) is 0 Å². The lowest BCUT2D eigenvalue weighted by Crippen LogP contribution is -2.37. The maximum Gasteiger partial charge on any atom is 0.257 e. The van der Waals surface area contributed by atoms with Crippen LogP contribution in [0.4, 0.5) is 10.2 Å². The second-order valence-electron chi connectivity index (χ2n) is 5.59. The van der Waals surface area contributed by atoms with Crippen molar-refractivity contribution in [1.82, 2.24) is 9.88 Å². The molecule has 1 aliphatic rings. The molecule has 0 radical (unpaired) electrons. The molecule has 21 heavy (non-hydrogen) atoms. The summed E-state index contributed by atoms with van der Waals surface area (Å²) in [5.74, 6) is -0.0225. The van der Waals surface area contributed by atoms with Gasteiger partial charge in [-0.3, -0.25) is 4.79 Å². The standard InChI is InChI=1S/C16H24FN3O/c1-3-9-18-15-14(17)13(8-10-19-15)16(21)20(4-2)11-12-6-5-7-12/h8,10,12H,3-7,9,11H2,1-2H3,(H,18,19). The summed E-state index contributed by atoms with van der Waals surface area (Å²) in [6, 6.07) is 1.47. The summed E-state index contributed by atoms with van der Waals surface area (Å²) >= 11 is 0. The molecule has 1 aliphatic carbocycles. The van der Waals surface area contributed by atoms with Gasteiger partial charge in [0.2, 0.25) is 0 Å². The van der Waals surface area contributed by atoms with E-state index in [2.05, 4.69) is 10.3 Å². The topological polar surface area (TPSA) is 45.2 Å². The fraction of sp³-hybridized carbons (Fsp3) is 0.625. The Morgan fingerprint density at radius 1 is 1.48 bits per heavy atom. The first-order chi connectivity index (χ1) is 10.2. The van der Waals surface area contributed by atoms with E-state index in [1.807, 2.05) is 13.8 Å². The van der Waals surface area contributed by atoms with Crippen LogP contribution >= 0.6 is 0 Å². The first-order valence-electron chi connectivity index (χ1n) is 7.85. The fourth-order valence-corrected chi connectivity index (χ4v) is 2.49. The van der Waals surface area contributed by atoms with Gasteiger partial charge >= 0.3 is 0 Å². The zero-order chi connectivity index (χ0) is 15.2. The molecule has 0 bridgehead atoms. The SMILES string of the molecule is CCCNc1nccc(C(=O)N(CC)CC2CCC2)c1F. The third-order valence-corrected chi connectivity index (χ3v) is 4.03. The van der Waals surface area contributed by atoms with Crippen LogP contribution in [0.2, 0.25) is 0 Å². The maximum atomic E-state index is 14.4. The predicted molar refractivity (Wildman–Crippen MR) is 81.9 cm³/mol. The second-order valence-corrected chi connectivity index (χ2v) is 5.59. The van der Waals surface area contributed by atoms with Crippen LogP contribution < -0.4 is 5.32 Å². The molecule has 1 N–H and O–H groups in total. The second kappa shape index (κ2) is 7.38. The number of hydrogen-bond donors (Lipinski definition) is 1. The van der Waals surface area contributed by atoms with Crippen LogP contribution in [-0.2, 0) is 0 Å². The predicted octanol–water partition coefficient (Wildman–Crippen LogP) is 3.30. The minimum absolute atomic E-state index is 0.116. The Morgan fingerprint density at radius 3 is 2.81 bits per heavy atom. The Labute approximate surface area is 125 Å². The quantitative estimate of drug-likeness (QED) is 0.839. The smallest absolute Gasteiger partial charge is 0.257 e. The third kappa shape index (κ3) is 3.71. The minimum atomic E-state index is -0.539. The molecule has 1 heterocycles. The molecule has 4 nitrogen and oxygen atoms in total. The number of pyridine rings is 1. The summed E-state index contributed by atoms with van der Waals surface area (Å²) < 4.78 is 14.4. The van der Waals surface area contributed by atoms with Crippen molar-refractivity contribution in [3.05, 3.63) is 23.6 Å². The van der Waals surface area contributed by atoms with E-state index in [4.69, 9.17) is 0 Å². The zero-order valence-electron chi connectivity index (χ0n) is 12.9. The lowest BCUT2D eigenvalue weighted by atomic mass is 9.85. The Balaban J connectivity index is 2.12. The van der Waals surface area contributed by atoms with Gasteiger partial charge in [-0.25, -0.2) is 9.37 Å². The number of aromatic nitrogens is 1. The molecule has 1 fully saturated rings. The van der Waals surface area contributed by atoms with Gasteiger partial charge in [-0.2, -0.15) is 0 Å². The first-order valence-corrected chi connectivity index (χ1v) is 7.85. The Kier molecular flexibility index (Phi) is 5.53. The molecule has 116 valence electrons. The summed E-state index contributed by atoms with van der Waals surface area (Å²) in [6.07, 6.45) is 5.95. The van der Waals surface area contributed by atoms with Gasteiger partial charge < -0.3 is 10.2 Å². The highest BCUT2D eigenvalue weighted by atomic mass is 19.1. The molecular formula is C16H24FN3O. The number of carbonyl (C=O) groups excluding carboxylic acids is 1. The lowest BCUT2D eigenvalue weighted by Gasteiger charge is -2.32. The number of amides is 1. The van der Waals surface area contributed by atoms with E-state index in [9.17, 15) is 9.18 Å². The Morgan fingerprint density at radius 2 is 2.24 bits per heavy atom. The molecule has 1 aromatic heterocycles. The molecule has 2 rings (SSSR count). The summed E-state index contributed by atoms with van der Waals surface area (Å²) in [4.78, 5) is 18.2. The maximum absolute atomic E-state index is 14.4. The summed E-state index contributed by atoms with van der Waals surface area (Å²) in [6.45, 7) is 5.91. The van der Waals surface area contributed by atoms with Gasteiger partial charge in [-0.15, -0.1) is 0 Å². The molecule has 1 saturated carbocycles. The highest BCUT2D eigenvalue weighted by molar-refractivity contribution is 5.95. The molecule has 0 unspecified atom stereocenters. The Bertz CT molecular complexity index is 488. The molecule has 0 atom stereocenters. The molecule has 1 amide bonds. The van der Waals surface area contributed by atoms with Crippen molar-refractivity contribution in [3.63, 3.8) is 0 Å². The number of halogens is 1. The number of nitrogens with one attached hydrogen (secondary N) is 1. The minimum Gasteiger partial charge on any atom is -0.368 e. The van der Waals surface area contributed by atoms with E-state index in [-0.39, 0.29) is 17.3 Å². The van der Waals surface area contributed by atoms with Crippen LogP contribution in [0, 0.1) is 11.7 Å². The van der Waals surface area contributed by atoms with Crippen molar-refractivity contribution in [3.8, 4) is 0 Å². The van der Waals surface area contributed by atoms with Crippen molar-refractivity contribution < 1.29 is 9.18 Å². The first kappa shape index (κ1) is 15.7. The van der Waals surface area contributed by atoms with Gasteiger partial charge in [0.15, 0.2) is 11.6 Å². The number of rotatable bonds is 7. The number of nitrogens with zero attached hydrogens (tertiary/aromatic N) is 2. The van der Waals surface area contributed by atoms with E-state index >= 15 is 0 Å². The Hall–Kier alpha value is -1.65. The number of hydrogen-bond acceptors (Lipinski definition) is 3. The van der Waals surface area contributed by atoms with Crippen molar-refractivity contribution in [2.24, 2.45) is 5.92 Å². The monoisotopic (exact) mass is 293 g/mol. The fourth-order valence-electron chi connectivity index (χ4n) is 2.49. The van der Waals surface area contributed by atoms with Crippen LogP contribution in [0.1, 0.15) is 49.9 Å². The zero-order valence-corrected chi connectivity index (χ0v) is 12.9. The van der Waals surface area contributed by atoms with Gasteiger partial charge in [-0.05, 0) is 38.2 Å². The van der Waals surface area contributed by atoms with Crippen molar-refractivity contribution in [1.29, 1.82) is 0 Å². The van der Waals surface area contributed by atoms with Crippen LogP contribution in [0.15, 0.2) is 12.3 Å². The summed E-state index contributed by atoms with van der Waals surface area (Å²) in [7, 11) is 0. The van der Waals surface area contributed by atoms with Crippen molar-refractivity contribution in [2.75, 3.05) is 25.0 Å². The van der Waals surface area contributed by atoms with E-state index in [1.54, 1.807) is 4.90 Å². The molecule has 5 heteroatoms. The highest BCUT2D eigenvalue weighted by Crippen LogP contribution is 2.28. The van der Waals surface area contributed by atoms with E-state index < -0.39 is 5.82 Å². The number of anilines is 1. The van der Waals surface area contributed by atoms with Gasteiger partial charge in [0, 0.05) is 25.8 Å². The van der Waals surface area contributed by atoms with E-state index in [1.165, 1.54) is 31.5 Å². The third-order valence-electron chi connectivity index (χ3n) is 4.03. The van der Waals surface area contributed by atoms with Crippen molar-refractivity contribution >= 4 is 11.7 Å². The number of carbonyl (C=O) groups is 1. The largest absolute Gasteiger partial charge is 0.368 e. The van der Waals surface area contributed by atoms with Crippen LogP contribution in [-0.4, -0.2) is 35.4 Å². The van der Waals surface area contributed by atoms with Gasteiger partial charge in [0.05, 0.1) is 5.56 Å².